The van der Waals surface area contributed by atoms with Gasteiger partial charge in [-0.25, -0.2) is 0 Å². The number of anilines is 1. The fraction of sp³-hybridized carbons (Fsp3) is 0.355. The van der Waals surface area contributed by atoms with E-state index in [1.165, 1.54) is 48.8 Å². The molecule has 0 heterocycles. The number of hydrogen-bond acceptors (Lipinski definition) is 6. The van der Waals surface area contributed by atoms with Crippen LogP contribution in [0.2, 0.25) is 0 Å². The van der Waals surface area contributed by atoms with Crippen LogP contribution in [0, 0.1) is 17.8 Å². The first-order valence-corrected chi connectivity index (χ1v) is 14.5. The minimum Gasteiger partial charge on any atom is -0.405 e. The van der Waals surface area contributed by atoms with Crippen LogP contribution in [0.4, 0.5) is 5.69 Å². The minimum atomic E-state index is 0.782. The van der Waals surface area contributed by atoms with Gasteiger partial charge < -0.3 is 11.1 Å². The average Bonchev–Trinajstić information content (AvgIpc) is 2.88. The summed E-state index contributed by atoms with van der Waals surface area (Å²) >= 11 is 11.0. The van der Waals surface area contributed by atoms with Crippen LogP contribution < -0.4 is 11.1 Å². The zero-order valence-electron chi connectivity index (χ0n) is 22.3. The van der Waals surface area contributed by atoms with Crippen molar-refractivity contribution >= 4 is 43.1 Å². The zero-order valence-corrected chi connectivity index (χ0v) is 24.9. The summed E-state index contributed by atoms with van der Waals surface area (Å²) in [6.07, 6.45) is 11.1. The van der Waals surface area contributed by atoms with Crippen LogP contribution in [-0.2, 0) is 0 Å². The van der Waals surface area contributed by atoms with Crippen molar-refractivity contribution in [2.75, 3.05) is 11.9 Å². The monoisotopic (exact) mass is 551 g/mol. The Labute approximate surface area is 240 Å². The van der Waals surface area contributed by atoms with Crippen LogP contribution in [0.25, 0.3) is 0 Å². The van der Waals surface area contributed by atoms with Crippen molar-refractivity contribution in [3.05, 3.63) is 94.7 Å². The maximum Gasteiger partial charge on any atom is 0.0477 e. The molecule has 1 aliphatic rings. The van der Waals surface area contributed by atoms with E-state index in [0.29, 0.717) is 0 Å². The fourth-order valence-electron chi connectivity index (χ4n) is 3.99. The van der Waals surface area contributed by atoms with Crippen LogP contribution in [-0.4, -0.2) is 10.3 Å². The molecule has 2 aromatic carbocycles. The maximum absolute atomic E-state index is 4.69. The molecule has 0 spiro atoms. The molecule has 6 heteroatoms. The molecular formula is C31H41N3S3. The highest BCUT2D eigenvalue weighted by molar-refractivity contribution is 8.05. The van der Waals surface area contributed by atoms with Gasteiger partial charge in [0.25, 0.3) is 0 Å². The number of benzene rings is 2. The molecule has 0 aromatic heterocycles. The number of allylic oxidation sites excluding steroid dienone is 3. The Morgan fingerprint density at radius 1 is 1.11 bits per heavy atom. The van der Waals surface area contributed by atoms with Gasteiger partial charge in [0.1, 0.15) is 0 Å². The van der Waals surface area contributed by atoms with Gasteiger partial charge >= 0.3 is 0 Å². The first-order chi connectivity index (χ1) is 17.8. The molecule has 3 rings (SSSR count). The van der Waals surface area contributed by atoms with E-state index in [1.54, 1.807) is 11.9 Å². The first-order valence-electron chi connectivity index (χ1n) is 12.9. The number of thiol groups is 2. The summed E-state index contributed by atoms with van der Waals surface area (Å²) in [5.41, 5.74) is 9.87. The van der Waals surface area contributed by atoms with E-state index in [-0.39, 0.29) is 0 Å². The molecule has 0 radical (unpaired) electrons. The highest BCUT2D eigenvalue weighted by atomic mass is 32.2. The molecule has 1 aliphatic carbocycles. The number of rotatable bonds is 8. The van der Waals surface area contributed by atoms with Crippen LogP contribution >= 0.6 is 37.4 Å². The lowest BCUT2D eigenvalue weighted by Crippen LogP contribution is -2.18. The summed E-state index contributed by atoms with van der Waals surface area (Å²) in [5.74, 6) is 7.38. The third-order valence-electron chi connectivity index (χ3n) is 5.78. The largest absolute Gasteiger partial charge is 0.405 e. The molecule has 0 bridgehead atoms. The molecular weight excluding hydrogens is 511 g/mol. The minimum absolute atomic E-state index is 0.782. The van der Waals surface area contributed by atoms with Crippen LogP contribution in [0.3, 0.4) is 0 Å². The second-order valence-corrected chi connectivity index (χ2v) is 11.7. The van der Waals surface area contributed by atoms with Crippen molar-refractivity contribution < 1.29 is 0 Å². The van der Waals surface area contributed by atoms with Crippen molar-refractivity contribution in [3.8, 4) is 11.8 Å². The molecule has 0 aliphatic heterocycles. The van der Waals surface area contributed by atoms with Gasteiger partial charge in [-0.3, -0.25) is 0 Å². The van der Waals surface area contributed by atoms with Crippen molar-refractivity contribution in [1.82, 2.24) is 3.71 Å². The number of nitrogens with two attached hydrogens (primary N) is 1. The lowest BCUT2D eigenvalue weighted by molar-refractivity contribution is 0.338. The Morgan fingerprint density at radius 2 is 1.76 bits per heavy atom. The SMILES string of the molecule is C=CN.CC/C(S)=C(\C=C(C)C)Nc1cccc(C#Cc2ccc(SN(S)CC3CCCCC3)cc2)c1. The predicted octanol–water partition coefficient (Wildman–Crippen LogP) is 8.84. The molecule has 3 N–H and O–H groups in total. The van der Waals surface area contributed by atoms with E-state index < -0.39 is 0 Å². The molecule has 0 unspecified atom stereocenters. The van der Waals surface area contributed by atoms with Gasteiger partial charge in [0.05, 0.1) is 0 Å². The Hall–Kier alpha value is -2.17. The molecule has 198 valence electrons. The van der Waals surface area contributed by atoms with Gasteiger partial charge in [0, 0.05) is 38.9 Å². The molecule has 3 nitrogen and oxygen atoms in total. The molecule has 0 atom stereocenters. The number of nitrogens with one attached hydrogen (secondary N) is 1. The summed E-state index contributed by atoms with van der Waals surface area (Å²) < 4.78 is 2.09. The normalized spacial score (nSPS) is 13.9. The second-order valence-electron chi connectivity index (χ2n) is 9.28. The standard InChI is InChI=1S/C29H36N2S3.C2H5N/c1-4-29(32)28(19-22(2)3)30-26-12-8-11-24(20-26)14-13-23-15-17-27(18-16-23)34-31(33)21-25-9-6-5-7-10-25;1-2-3/h8,11-12,15-20,25,30,32-33H,4-7,9-10,21H2,1-3H3;2H,1,3H2/b29-28-;. The molecule has 0 saturated heterocycles. The van der Waals surface area contributed by atoms with Crippen LogP contribution in [0.5, 0.6) is 0 Å². The second kappa shape index (κ2) is 17.4. The highest BCUT2D eigenvalue weighted by Crippen LogP contribution is 2.30. The van der Waals surface area contributed by atoms with Crippen molar-refractivity contribution in [2.24, 2.45) is 11.7 Å². The Bertz CT molecular complexity index is 1100. The van der Waals surface area contributed by atoms with Gasteiger partial charge in [-0.05, 0) is 106 Å². The van der Waals surface area contributed by atoms with Crippen molar-refractivity contribution in [3.63, 3.8) is 0 Å². The van der Waals surface area contributed by atoms with E-state index in [4.69, 9.17) is 0 Å². The topological polar surface area (TPSA) is 41.3 Å². The van der Waals surface area contributed by atoms with Gasteiger partial charge in [-0.2, -0.15) is 3.71 Å². The third-order valence-corrected chi connectivity index (χ3v) is 7.58. The van der Waals surface area contributed by atoms with E-state index in [0.717, 1.165) is 46.3 Å². The fourth-order valence-corrected chi connectivity index (χ4v) is 5.41. The van der Waals surface area contributed by atoms with Gasteiger partial charge in [-0.15, -0.1) is 12.6 Å². The Kier molecular flexibility index (Phi) is 14.6. The van der Waals surface area contributed by atoms with Gasteiger partial charge in [0.2, 0.25) is 0 Å². The summed E-state index contributed by atoms with van der Waals surface area (Å²) in [6.45, 7) is 10.5. The lowest BCUT2D eigenvalue weighted by Gasteiger charge is -2.25. The molecule has 0 amide bonds. The predicted molar refractivity (Wildman–Crippen MR) is 171 cm³/mol. The third kappa shape index (κ3) is 12.3. The number of hydrogen-bond donors (Lipinski definition) is 4. The summed E-state index contributed by atoms with van der Waals surface area (Å²) in [5, 5.41) is 3.50. The molecule has 1 fully saturated rings. The first kappa shape index (κ1) is 31.1. The van der Waals surface area contributed by atoms with Crippen molar-refractivity contribution in [1.29, 1.82) is 0 Å². The van der Waals surface area contributed by atoms with E-state index in [2.05, 4.69) is 122 Å². The maximum atomic E-state index is 4.69. The van der Waals surface area contributed by atoms with Gasteiger partial charge in [-0.1, -0.05) is 69.1 Å². The summed E-state index contributed by atoms with van der Waals surface area (Å²) in [4.78, 5) is 2.23. The molecule has 1 saturated carbocycles. The average molecular weight is 552 g/mol. The Morgan fingerprint density at radius 3 is 2.38 bits per heavy atom. The quantitative estimate of drug-likeness (QED) is 0.114. The smallest absolute Gasteiger partial charge is 0.0477 e. The Balaban J connectivity index is 0.00000153. The molecule has 2 aromatic rings. The van der Waals surface area contributed by atoms with Gasteiger partial charge in [0.15, 0.2) is 0 Å². The highest BCUT2D eigenvalue weighted by Gasteiger charge is 2.16. The van der Waals surface area contributed by atoms with Crippen molar-refractivity contribution in [2.45, 2.75) is 64.2 Å². The van der Waals surface area contributed by atoms with Crippen LogP contribution in [0.15, 0.2) is 88.5 Å². The zero-order chi connectivity index (χ0) is 27.0. The van der Waals surface area contributed by atoms with E-state index in [9.17, 15) is 0 Å². The van der Waals surface area contributed by atoms with E-state index >= 15 is 0 Å². The number of nitrogens with zero attached hydrogens (tertiary/aromatic N) is 1. The molecule has 37 heavy (non-hydrogen) atoms. The summed E-state index contributed by atoms with van der Waals surface area (Å²) in [6, 6.07) is 16.6. The lowest BCUT2D eigenvalue weighted by atomic mass is 9.89. The summed E-state index contributed by atoms with van der Waals surface area (Å²) in [7, 11) is 0. The van der Waals surface area contributed by atoms with E-state index in [1.807, 2.05) is 12.1 Å². The van der Waals surface area contributed by atoms with Crippen LogP contribution in [0.1, 0.15) is 70.4 Å².